The third kappa shape index (κ3) is 5.45. The molecule has 2 amide bonds. The standard InChI is InChI=1S/C21H25N3O4/c1-15(2)27-21(26)24-12-9-16(10-13-24)20(25)23-17-5-7-18(8-6-17)28-19-4-3-11-22-14-19/h3-8,11,14-16H,9-10,12-13H2,1-2H3,(H,23,25). The molecule has 0 unspecified atom stereocenters. The van der Waals surface area contributed by atoms with Gasteiger partial charge in [-0.05, 0) is 63.1 Å². The minimum absolute atomic E-state index is 0.0298. The van der Waals surface area contributed by atoms with Gasteiger partial charge in [-0.15, -0.1) is 0 Å². The summed E-state index contributed by atoms with van der Waals surface area (Å²) in [4.78, 5) is 30.1. The number of hydrogen-bond donors (Lipinski definition) is 1. The Balaban J connectivity index is 1.48. The van der Waals surface area contributed by atoms with Crippen molar-refractivity contribution in [2.45, 2.75) is 32.8 Å². The van der Waals surface area contributed by atoms with Crippen molar-refractivity contribution in [3.63, 3.8) is 0 Å². The van der Waals surface area contributed by atoms with Crippen LogP contribution in [0.2, 0.25) is 0 Å². The van der Waals surface area contributed by atoms with Crippen molar-refractivity contribution in [1.82, 2.24) is 9.88 Å². The van der Waals surface area contributed by atoms with Crippen LogP contribution in [0.25, 0.3) is 0 Å². The Hall–Kier alpha value is -3.09. The maximum atomic E-state index is 12.5. The van der Waals surface area contributed by atoms with Crippen LogP contribution in [0.5, 0.6) is 11.5 Å². The molecule has 2 aromatic rings. The van der Waals surface area contributed by atoms with Crippen LogP contribution in [-0.2, 0) is 9.53 Å². The number of likely N-dealkylation sites (tertiary alicyclic amines) is 1. The quantitative estimate of drug-likeness (QED) is 0.842. The highest BCUT2D eigenvalue weighted by Gasteiger charge is 2.28. The molecule has 1 aromatic heterocycles. The molecule has 1 N–H and O–H groups in total. The van der Waals surface area contributed by atoms with Crippen LogP contribution < -0.4 is 10.1 Å². The average molecular weight is 383 g/mol. The molecular formula is C21H25N3O4. The minimum atomic E-state index is -0.307. The van der Waals surface area contributed by atoms with Crippen LogP contribution in [0.3, 0.4) is 0 Å². The number of carbonyl (C=O) groups is 2. The molecule has 148 valence electrons. The first kappa shape index (κ1) is 19.7. The normalized spacial score (nSPS) is 14.6. The van der Waals surface area contributed by atoms with E-state index in [0.29, 0.717) is 43.1 Å². The number of amides is 2. The Labute approximate surface area is 164 Å². The Kier molecular flexibility index (Phi) is 6.47. The van der Waals surface area contributed by atoms with Gasteiger partial charge in [-0.25, -0.2) is 4.79 Å². The summed E-state index contributed by atoms with van der Waals surface area (Å²) in [5.41, 5.74) is 0.713. The molecule has 0 saturated carbocycles. The van der Waals surface area contributed by atoms with Crippen molar-refractivity contribution in [3.8, 4) is 11.5 Å². The average Bonchev–Trinajstić information content (AvgIpc) is 2.70. The third-order valence-corrected chi connectivity index (χ3v) is 4.45. The second-order valence-corrected chi connectivity index (χ2v) is 7.00. The molecular weight excluding hydrogens is 358 g/mol. The van der Waals surface area contributed by atoms with Crippen LogP contribution >= 0.6 is 0 Å². The number of hydrogen-bond acceptors (Lipinski definition) is 5. The summed E-state index contributed by atoms with van der Waals surface area (Å²) >= 11 is 0. The zero-order valence-electron chi connectivity index (χ0n) is 16.1. The van der Waals surface area contributed by atoms with E-state index in [1.165, 1.54) is 0 Å². The SMILES string of the molecule is CC(C)OC(=O)N1CCC(C(=O)Nc2ccc(Oc3cccnc3)cc2)CC1. The molecule has 1 aromatic carbocycles. The van der Waals surface area contributed by atoms with E-state index < -0.39 is 0 Å². The van der Waals surface area contributed by atoms with Crippen molar-refractivity contribution in [2.75, 3.05) is 18.4 Å². The van der Waals surface area contributed by atoms with Crippen molar-refractivity contribution in [1.29, 1.82) is 0 Å². The fourth-order valence-corrected chi connectivity index (χ4v) is 2.99. The summed E-state index contributed by atoms with van der Waals surface area (Å²) in [7, 11) is 0. The van der Waals surface area contributed by atoms with Crippen molar-refractivity contribution in [3.05, 3.63) is 48.8 Å². The fraction of sp³-hybridized carbons (Fsp3) is 0.381. The van der Waals surface area contributed by atoms with E-state index >= 15 is 0 Å². The molecule has 0 radical (unpaired) electrons. The number of piperidine rings is 1. The second kappa shape index (κ2) is 9.21. The predicted octanol–water partition coefficient (Wildman–Crippen LogP) is 4.07. The number of pyridine rings is 1. The lowest BCUT2D eigenvalue weighted by atomic mass is 9.96. The van der Waals surface area contributed by atoms with E-state index in [1.54, 1.807) is 47.6 Å². The first-order valence-electron chi connectivity index (χ1n) is 9.45. The van der Waals surface area contributed by atoms with Crippen molar-refractivity contribution >= 4 is 17.7 Å². The van der Waals surface area contributed by atoms with Crippen molar-refractivity contribution in [2.24, 2.45) is 5.92 Å². The fourth-order valence-electron chi connectivity index (χ4n) is 2.99. The van der Waals surface area contributed by atoms with Gasteiger partial charge in [0.25, 0.3) is 0 Å². The molecule has 1 aliphatic heterocycles. The largest absolute Gasteiger partial charge is 0.456 e. The van der Waals surface area contributed by atoms with Gasteiger partial charge in [0.1, 0.15) is 11.5 Å². The first-order chi connectivity index (χ1) is 13.5. The molecule has 7 nitrogen and oxygen atoms in total. The Morgan fingerprint density at radius 1 is 1.11 bits per heavy atom. The van der Waals surface area contributed by atoms with Gasteiger partial charge >= 0.3 is 6.09 Å². The van der Waals surface area contributed by atoms with Crippen LogP contribution in [0.4, 0.5) is 10.5 Å². The summed E-state index contributed by atoms with van der Waals surface area (Å²) in [6, 6.07) is 10.8. The van der Waals surface area contributed by atoms with Gasteiger partial charge < -0.3 is 19.7 Å². The minimum Gasteiger partial charge on any atom is -0.456 e. The molecule has 3 rings (SSSR count). The number of rotatable bonds is 5. The molecule has 0 bridgehead atoms. The highest BCUT2D eigenvalue weighted by atomic mass is 16.6. The van der Waals surface area contributed by atoms with Gasteiger partial charge in [-0.2, -0.15) is 0 Å². The number of carbonyl (C=O) groups excluding carboxylic acids is 2. The maximum Gasteiger partial charge on any atom is 0.410 e. The van der Waals surface area contributed by atoms with E-state index in [2.05, 4.69) is 10.3 Å². The van der Waals surface area contributed by atoms with Gasteiger partial charge in [-0.3, -0.25) is 9.78 Å². The van der Waals surface area contributed by atoms with E-state index in [-0.39, 0.29) is 24.0 Å². The monoisotopic (exact) mass is 383 g/mol. The number of nitrogens with one attached hydrogen (secondary N) is 1. The van der Waals surface area contributed by atoms with Gasteiger partial charge in [0.2, 0.25) is 5.91 Å². The smallest absolute Gasteiger partial charge is 0.410 e. The summed E-state index contributed by atoms with van der Waals surface area (Å²) < 4.78 is 10.9. The summed E-state index contributed by atoms with van der Waals surface area (Å²) in [5.74, 6) is 1.18. The van der Waals surface area contributed by atoms with E-state index in [4.69, 9.17) is 9.47 Å². The lowest BCUT2D eigenvalue weighted by molar-refractivity contribution is -0.121. The highest BCUT2D eigenvalue weighted by molar-refractivity contribution is 5.92. The van der Waals surface area contributed by atoms with E-state index in [0.717, 1.165) is 0 Å². The molecule has 7 heteroatoms. The van der Waals surface area contributed by atoms with Gasteiger partial charge in [-0.1, -0.05) is 0 Å². The van der Waals surface area contributed by atoms with Crippen molar-refractivity contribution < 1.29 is 19.1 Å². The Morgan fingerprint density at radius 2 is 1.82 bits per heavy atom. The number of ether oxygens (including phenoxy) is 2. The number of nitrogens with zero attached hydrogens (tertiary/aromatic N) is 2. The third-order valence-electron chi connectivity index (χ3n) is 4.45. The van der Waals surface area contributed by atoms with Crippen LogP contribution in [0, 0.1) is 5.92 Å². The Bertz CT molecular complexity index is 785. The van der Waals surface area contributed by atoms with Crippen LogP contribution in [0.15, 0.2) is 48.8 Å². The number of benzene rings is 1. The molecule has 1 aliphatic rings. The molecule has 1 saturated heterocycles. The van der Waals surface area contributed by atoms with Gasteiger partial charge in [0, 0.05) is 30.9 Å². The maximum absolute atomic E-state index is 12.5. The molecule has 0 atom stereocenters. The van der Waals surface area contributed by atoms with E-state index in [1.807, 2.05) is 19.9 Å². The number of aromatic nitrogens is 1. The highest BCUT2D eigenvalue weighted by Crippen LogP contribution is 2.24. The molecule has 2 heterocycles. The molecule has 28 heavy (non-hydrogen) atoms. The zero-order valence-corrected chi connectivity index (χ0v) is 16.1. The van der Waals surface area contributed by atoms with Gasteiger partial charge in [0.05, 0.1) is 12.3 Å². The van der Waals surface area contributed by atoms with E-state index in [9.17, 15) is 9.59 Å². The molecule has 0 aliphatic carbocycles. The van der Waals surface area contributed by atoms with Crippen LogP contribution in [0.1, 0.15) is 26.7 Å². The Morgan fingerprint density at radius 3 is 2.43 bits per heavy atom. The summed E-state index contributed by atoms with van der Waals surface area (Å²) in [5, 5.41) is 2.94. The lowest BCUT2D eigenvalue weighted by Crippen LogP contribution is -2.42. The summed E-state index contributed by atoms with van der Waals surface area (Å²) in [6.45, 7) is 4.71. The predicted molar refractivity (Wildman–Crippen MR) is 105 cm³/mol. The lowest BCUT2D eigenvalue weighted by Gasteiger charge is -2.31. The zero-order chi connectivity index (χ0) is 19.9. The molecule has 0 spiro atoms. The first-order valence-corrected chi connectivity index (χ1v) is 9.45. The van der Waals surface area contributed by atoms with Crippen LogP contribution in [-0.4, -0.2) is 41.1 Å². The topological polar surface area (TPSA) is 80.8 Å². The molecule has 1 fully saturated rings. The van der Waals surface area contributed by atoms with Gasteiger partial charge in [0.15, 0.2) is 0 Å². The number of anilines is 1. The second-order valence-electron chi connectivity index (χ2n) is 7.00. The summed E-state index contributed by atoms with van der Waals surface area (Å²) in [6.07, 6.45) is 4.13.